The Kier molecular flexibility index (Phi) is 4.43. The van der Waals surface area contributed by atoms with Crippen LogP contribution < -0.4 is 5.73 Å². The molecule has 1 unspecified atom stereocenters. The van der Waals surface area contributed by atoms with Gasteiger partial charge >= 0.3 is 0 Å². The Bertz CT molecular complexity index is 159. The van der Waals surface area contributed by atoms with E-state index in [1.54, 1.807) is 0 Å². The van der Waals surface area contributed by atoms with Crippen LogP contribution in [0.4, 0.5) is 0 Å². The quantitative estimate of drug-likeness (QED) is 0.726. The third-order valence-electron chi connectivity index (χ3n) is 2.91. The molecular formula is C11H21NO. The van der Waals surface area contributed by atoms with Gasteiger partial charge in [-0.3, -0.25) is 4.79 Å². The summed E-state index contributed by atoms with van der Waals surface area (Å²) in [4.78, 5) is 11.6. The topological polar surface area (TPSA) is 43.1 Å². The van der Waals surface area contributed by atoms with Crippen LogP contribution in [0.5, 0.6) is 0 Å². The van der Waals surface area contributed by atoms with Gasteiger partial charge in [-0.15, -0.1) is 0 Å². The average molecular weight is 183 g/mol. The molecule has 0 aromatic carbocycles. The van der Waals surface area contributed by atoms with Crippen molar-refractivity contribution < 1.29 is 4.79 Å². The molecule has 13 heavy (non-hydrogen) atoms. The predicted octanol–water partition coefficient (Wildman–Crippen LogP) is 2.26. The lowest BCUT2D eigenvalue weighted by Crippen LogP contribution is -2.21. The van der Waals surface area contributed by atoms with Crippen molar-refractivity contribution in [3.63, 3.8) is 0 Å². The molecule has 0 bridgehead atoms. The highest BCUT2D eigenvalue weighted by Crippen LogP contribution is 2.25. The monoisotopic (exact) mass is 183 g/mol. The highest BCUT2D eigenvalue weighted by molar-refractivity contribution is 5.81. The second-order valence-corrected chi connectivity index (χ2v) is 4.32. The highest BCUT2D eigenvalue weighted by atomic mass is 16.1. The molecule has 1 fully saturated rings. The van der Waals surface area contributed by atoms with Crippen molar-refractivity contribution in [2.75, 3.05) is 0 Å². The summed E-state index contributed by atoms with van der Waals surface area (Å²) in [6.07, 6.45) is 7.60. The van der Waals surface area contributed by atoms with E-state index in [0.29, 0.717) is 18.1 Å². The lowest BCUT2D eigenvalue weighted by Gasteiger charge is -2.20. The SMILES string of the molecule is CC(N)CCC(=O)C1CCCCC1. The molecule has 0 saturated heterocycles. The van der Waals surface area contributed by atoms with Crippen LogP contribution in [0.25, 0.3) is 0 Å². The van der Waals surface area contributed by atoms with Crippen LogP contribution >= 0.6 is 0 Å². The van der Waals surface area contributed by atoms with Gasteiger partial charge in [-0.1, -0.05) is 19.3 Å². The van der Waals surface area contributed by atoms with Crippen LogP contribution in [0.1, 0.15) is 51.9 Å². The summed E-state index contributed by atoms with van der Waals surface area (Å²) in [7, 11) is 0. The smallest absolute Gasteiger partial charge is 0.136 e. The van der Waals surface area contributed by atoms with Crippen molar-refractivity contribution in [1.29, 1.82) is 0 Å². The molecular weight excluding hydrogens is 162 g/mol. The third-order valence-corrected chi connectivity index (χ3v) is 2.91. The van der Waals surface area contributed by atoms with Gasteiger partial charge < -0.3 is 5.73 Å². The molecule has 0 aromatic heterocycles. The van der Waals surface area contributed by atoms with Crippen molar-refractivity contribution >= 4 is 5.78 Å². The Morgan fingerprint density at radius 1 is 1.38 bits per heavy atom. The molecule has 1 saturated carbocycles. The third kappa shape index (κ3) is 3.90. The minimum Gasteiger partial charge on any atom is -0.328 e. The summed E-state index contributed by atoms with van der Waals surface area (Å²) in [5.74, 6) is 0.824. The van der Waals surface area contributed by atoms with Gasteiger partial charge in [-0.05, 0) is 26.2 Å². The van der Waals surface area contributed by atoms with Gasteiger partial charge in [0, 0.05) is 18.4 Å². The highest BCUT2D eigenvalue weighted by Gasteiger charge is 2.20. The largest absolute Gasteiger partial charge is 0.328 e. The number of nitrogens with two attached hydrogens (primary N) is 1. The van der Waals surface area contributed by atoms with Crippen molar-refractivity contribution in [3.8, 4) is 0 Å². The number of carbonyl (C=O) groups excluding carboxylic acids is 1. The molecule has 2 N–H and O–H groups in total. The fourth-order valence-electron chi connectivity index (χ4n) is 2.00. The number of Topliss-reactive ketones (excluding diaryl/α,β-unsaturated/α-hetero) is 1. The fraction of sp³-hybridized carbons (Fsp3) is 0.909. The summed E-state index contributed by atoms with van der Waals surface area (Å²) < 4.78 is 0. The van der Waals surface area contributed by atoms with E-state index in [-0.39, 0.29) is 6.04 Å². The minimum atomic E-state index is 0.174. The Morgan fingerprint density at radius 2 is 2.00 bits per heavy atom. The van der Waals surface area contributed by atoms with E-state index in [1.165, 1.54) is 19.3 Å². The minimum absolute atomic E-state index is 0.174. The molecule has 0 aliphatic heterocycles. The van der Waals surface area contributed by atoms with Crippen LogP contribution in [0.15, 0.2) is 0 Å². The van der Waals surface area contributed by atoms with E-state index in [4.69, 9.17) is 5.73 Å². The second-order valence-electron chi connectivity index (χ2n) is 4.32. The van der Waals surface area contributed by atoms with E-state index in [9.17, 15) is 4.79 Å². The summed E-state index contributed by atoms with van der Waals surface area (Å²) >= 11 is 0. The number of ketones is 1. The summed E-state index contributed by atoms with van der Waals surface area (Å²) in [5.41, 5.74) is 5.62. The number of hydrogen-bond donors (Lipinski definition) is 1. The lowest BCUT2D eigenvalue weighted by molar-refractivity contribution is -0.123. The molecule has 0 heterocycles. The first kappa shape index (κ1) is 10.7. The van der Waals surface area contributed by atoms with Crippen molar-refractivity contribution in [3.05, 3.63) is 0 Å². The first-order valence-corrected chi connectivity index (χ1v) is 5.48. The van der Waals surface area contributed by atoms with E-state index < -0.39 is 0 Å². The standard InChI is InChI=1S/C11H21NO/c1-9(12)7-8-11(13)10-5-3-2-4-6-10/h9-10H,2-8,12H2,1H3. The van der Waals surface area contributed by atoms with Crippen LogP contribution in [-0.4, -0.2) is 11.8 Å². The molecule has 0 radical (unpaired) electrons. The maximum atomic E-state index is 11.6. The van der Waals surface area contributed by atoms with Gasteiger partial charge in [0.25, 0.3) is 0 Å². The van der Waals surface area contributed by atoms with Crippen molar-refractivity contribution in [2.24, 2.45) is 11.7 Å². The first-order chi connectivity index (χ1) is 6.20. The molecule has 0 spiro atoms. The Morgan fingerprint density at radius 3 is 2.54 bits per heavy atom. The number of hydrogen-bond acceptors (Lipinski definition) is 2. The molecule has 2 nitrogen and oxygen atoms in total. The summed E-state index contributed by atoms with van der Waals surface area (Å²) in [5, 5.41) is 0. The first-order valence-electron chi connectivity index (χ1n) is 5.48. The van der Waals surface area contributed by atoms with Crippen molar-refractivity contribution in [1.82, 2.24) is 0 Å². The van der Waals surface area contributed by atoms with Crippen LogP contribution in [0.3, 0.4) is 0 Å². The number of rotatable bonds is 4. The molecule has 0 aromatic rings. The fourth-order valence-corrected chi connectivity index (χ4v) is 2.00. The van der Waals surface area contributed by atoms with E-state index in [1.807, 2.05) is 6.92 Å². The Hall–Kier alpha value is -0.370. The molecule has 1 rings (SSSR count). The average Bonchev–Trinajstić information content (AvgIpc) is 2.15. The van der Waals surface area contributed by atoms with Gasteiger partial charge in [0.1, 0.15) is 5.78 Å². The molecule has 1 aliphatic rings. The molecule has 76 valence electrons. The normalized spacial score (nSPS) is 21.4. The Labute approximate surface area is 80.9 Å². The summed E-state index contributed by atoms with van der Waals surface area (Å²) in [6.45, 7) is 1.97. The van der Waals surface area contributed by atoms with Gasteiger partial charge in [-0.2, -0.15) is 0 Å². The van der Waals surface area contributed by atoms with E-state index in [0.717, 1.165) is 19.3 Å². The van der Waals surface area contributed by atoms with Crippen LogP contribution in [-0.2, 0) is 4.79 Å². The number of carbonyl (C=O) groups is 1. The van der Waals surface area contributed by atoms with Gasteiger partial charge in [-0.25, -0.2) is 0 Å². The molecule has 1 atom stereocenters. The van der Waals surface area contributed by atoms with Crippen molar-refractivity contribution in [2.45, 2.75) is 57.9 Å². The predicted molar refractivity (Wildman–Crippen MR) is 54.5 cm³/mol. The maximum absolute atomic E-state index is 11.6. The zero-order valence-corrected chi connectivity index (χ0v) is 8.59. The molecule has 0 amide bonds. The van der Waals surface area contributed by atoms with Gasteiger partial charge in [0.2, 0.25) is 0 Å². The second kappa shape index (κ2) is 5.38. The molecule has 1 aliphatic carbocycles. The van der Waals surface area contributed by atoms with Gasteiger partial charge in [0.15, 0.2) is 0 Å². The van der Waals surface area contributed by atoms with Crippen LogP contribution in [0, 0.1) is 5.92 Å². The van der Waals surface area contributed by atoms with E-state index in [2.05, 4.69) is 0 Å². The zero-order chi connectivity index (χ0) is 9.68. The summed E-state index contributed by atoms with van der Waals surface area (Å²) in [6, 6.07) is 0.174. The molecule has 2 heteroatoms. The lowest BCUT2D eigenvalue weighted by atomic mass is 9.84. The zero-order valence-electron chi connectivity index (χ0n) is 8.59. The Balaban J connectivity index is 2.21. The van der Waals surface area contributed by atoms with E-state index >= 15 is 0 Å². The van der Waals surface area contributed by atoms with Crippen LogP contribution in [0.2, 0.25) is 0 Å². The maximum Gasteiger partial charge on any atom is 0.136 e. The van der Waals surface area contributed by atoms with Gasteiger partial charge in [0.05, 0.1) is 0 Å².